The number of benzene rings is 1. The van der Waals surface area contributed by atoms with Gasteiger partial charge in [0.15, 0.2) is 0 Å². The molecule has 2 aromatic rings. The second kappa shape index (κ2) is 7.94. The maximum absolute atomic E-state index is 13.5. The number of halogens is 1. The molecule has 6 rings (SSSR count). The summed E-state index contributed by atoms with van der Waals surface area (Å²) in [4.78, 5) is 25.1. The Bertz CT molecular complexity index is 1150. The molecule has 0 radical (unpaired) electrons. The molecule has 8 nitrogen and oxygen atoms in total. The van der Waals surface area contributed by atoms with Crippen molar-refractivity contribution in [3.05, 3.63) is 39.8 Å². The van der Waals surface area contributed by atoms with E-state index in [2.05, 4.69) is 10.4 Å². The maximum atomic E-state index is 13.5. The van der Waals surface area contributed by atoms with Crippen molar-refractivity contribution in [3.8, 4) is 11.5 Å². The lowest BCUT2D eigenvalue weighted by Crippen LogP contribution is -2.59. The average Bonchev–Trinajstić information content (AvgIpc) is 2.75. The van der Waals surface area contributed by atoms with Crippen LogP contribution in [0, 0.1) is 17.3 Å². The van der Waals surface area contributed by atoms with Gasteiger partial charge in [0.05, 0.1) is 43.8 Å². The molecule has 0 saturated heterocycles. The van der Waals surface area contributed by atoms with Crippen molar-refractivity contribution >= 4 is 28.9 Å². The Morgan fingerprint density at radius 3 is 2.58 bits per heavy atom. The largest absolute Gasteiger partial charge is 0.497 e. The van der Waals surface area contributed by atoms with Crippen molar-refractivity contribution in [1.29, 1.82) is 0 Å². The van der Waals surface area contributed by atoms with E-state index in [1.807, 2.05) is 0 Å². The molecule has 4 aliphatic carbocycles. The van der Waals surface area contributed by atoms with Crippen molar-refractivity contribution in [3.63, 3.8) is 0 Å². The molecule has 1 aromatic carbocycles. The van der Waals surface area contributed by atoms with Gasteiger partial charge in [0, 0.05) is 6.07 Å². The van der Waals surface area contributed by atoms with Crippen molar-refractivity contribution in [2.24, 2.45) is 17.3 Å². The molecule has 1 heterocycles. The van der Waals surface area contributed by atoms with Crippen LogP contribution in [0.25, 0.3) is 0 Å². The number of hydrogen-bond donors (Lipinski definition) is 2. The first kappa shape index (κ1) is 22.1. The van der Waals surface area contributed by atoms with Crippen LogP contribution in [0.3, 0.4) is 0 Å². The number of anilines is 2. The Labute approximate surface area is 196 Å². The first-order chi connectivity index (χ1) is 15.8. The quantitative estimate of drug-likeness (QED) is 0.613. The van der Waals surface area contributed by atoms with Gasteiger partial charge in [0.25, 0.3) is 5.56 Å². The van der Waals surface area contributed by atoms with Gasteiger partial charge in [0.2, 0.25) is 0 Å². The van der Waals surface area contributed by atoms with Crippen LogP contribution in [0.5, 0.6) is 11.5 Å². The van der Waals surface area contributed by atoms with Crippen LogP contribution in [-0.2, 0) is 10.3 Å². The number of hydrogen-bond acceptors (Lipinski definition) is 6. The minimum Gasteiger partial charge on any atom is -0.497 e. The number of carbonyl (C=O) groups is 1. The predicted octanol–water partition coefficient (Wildman–Crippen LogP) is 4.43. The van der Waals surface area contributed by atoms with Crippen LogP contribution in [-0.4, -0.2) is 35.1 Å². The van der Waals surface area contributed by atoms with Crippen LogP contribution in [0.4, 0.5) is 11.4 Å². The lowest BCUT2D eigenvalue weighted by Gasteiger charge is -2.61. The molecule has 176 valence electrons. The fraction of sp³-hybridized carbons (Fsp3) is 0.542. The highest BCUT2D eigenvalue weighted by Gasteiger charge is 2.59. The maximum Gasteiger partial charge on any atom is 0.303 e. The van der Waals surface area contributed by atoms with Crippen LogP contribution in [0.1, 0.15) is 44.9 Å². The molecule has 0 spiro atoms. The molecule has 2 unspecified atom stereocenters. The fourth-order valence-electron chi connectivity index (χ4n) is 7.09. The van der Waals surface area contributed by atoms with E-state index < -0.39 is 11.5 Å². The summed E-state index contributed by atoms with van der Waals surface area (Å²) in [5.41, 5.74) is -0.0841. The van der Waals surface area contributed by atoms with Gasteiger partial charge in [-0.2, -0.15) is 5.10 Å². The summed E-state index contributed by atoms with van der Waals surface area (Å²) in [6, 6.07) is 5.30. The number of carboxylic acids is 1. The molecule has 4 fully saturated rings. The van der Waals surface area contributed by atoms with Crippen molar-refractivity contribution < 1.29 is 19.4 Å². The zero-order valence-electron chi connectivity index (χ0n) is 18.8. The average molecular weight is 474 g/mol. The van der Waals surface area contributed by atoms with Crippen molar-refractivity contribution in [2.75, 3.05) is 19.5 Å². The molecular formula is C24H28ClN3O5. The van der Waals surface area contributed by atoms with Gasteiger partial charge < -0.3 is 19.9 Å². The van der Waals surface area contributed by atoms with Gasteiger partial charge in [-0.1, -0.05) is 11.6 Å². The Kier molecular flexibility index (Phi) is 5.31. The van der Waals surface area contributed by atoms with Crippen LogP contribution < -0.4 is 20.3 Å². The summed E-state index contributed by atoms with van der Waals surface area (Å²) in [7, 11) is 3.13. The highest BCUT2D eigenvalue weighted by atomic mass is 35.5. The van der Waals surface area contributed by atoms with Crippen molar-refractivity contribution in [2.45, 2.75) is 50.5 Å². The first-order valence-electron chi connectivity index (χ1n) is 11.3. The van der Waals surface area contributed by atoms with E-state index in [4.69, 9.17) is 21.1 Å². The fourth-order valence-corrected chi connectivity index (χ4v) is 7.27. The van der Waals surface area contributed by atoms with Gasteiger partial charge in [-0.15, -0.1) is 0 Å². The summed E-state index contributed by atoms with van der Waals surface area (Å²) < 4.78 is 12.2. The highest BCUT2D eigenvalue weighted by Crippen LogP contribution is 2.65. The summed E-state index contributed by atoms with van der Waals surface area (Å²) in [6.07, 6.45) is 7.06. The number of carboxylic acid groups (broad SMARTS) is 1. The Morgan fingerprint density at radius 1 is 1.21 bits per heavy atom. The Balaban J connectivity index is 1.50. The van der Waals surface area contributed by atoms with E-state index in [0.717, 1.165) is 32.1 Å². The molecule has 4 bridgehead atoms. The van der Waals surface area contributed by atoms with E-state index in [1.165, 1.54) is 0 Å². The zero-order valence-corrected chi connectivity index (χ0v) is 19.5. The third-order valence-corrected chi connectivity index (χ3v) is 8.09. The normalized spacial score (nSPS) is 29.7. The molecule has 0 aliphatic heterocycles. The second-order valence-corrected chi connectivity index (χ2v) is 10.4. The Hall–Kier alpha value is -2.74. The van der Waals surface area contributed by atoms with Crippen molar-refractivity contribution in [1.82, 2.24) is 9.78 Å². The van der Waals surface area contributed by atoms with E-state index in [0.29, 0.717) is 41.1 Å². The number of methoxy groups -OCH3 is 2. The SMILES string of the molecule is COc1ccc(OC)c(Nc2cnn(C34CC5CC(CC(CC(=O)O)(C5)C3)C4)c(=O)c2Cl)c1. The first-order valence-corrected chi connectivity index (χ1v) is 11.6. The summed E-state index contributed by atoms with van der Waals surface area (Å²) >= 11 is 6.57. The molecule has 4 aliphatic rings. The minimum atomic E-state index is -0.766. The second-order valence-electron chi connectivity index (χ2n) is 10.0. The number of aliphatic carboxylic acids is 1. The topological polar surface area (TPSA) is 103 Å². The standard InChI is InChI=1S/C24H28ClN3O5/c1-32-16-3-4-19(33-2)17(6-16)27-18-12-26-28(22(31)21(18)25)24-9-14-5-15(10-24)8-23(7-14,13-24)11-20(29)30/h3-4,6,12,14-15,27H,5,7-11,13H2,1-2H3,(H,29,30). The molecule has 33 heavy (non-hydrogen) atoms. The van der Waals surface area contributed by atoms with Gasteiger partial charge in [0.1, 0.15) is 16.5 Å². The number of nitrogens with zero attached hydrogens (tertiary/aromatic N) is 2. The monoisotopic (exact) mass is 473 g/mol. The molecule has 1 aromatic heterocycles. The van der Waals surface area contributed by atoms with Gasteiger partial charge in [-0.3, -0.25) is 9.59 Å². The lowest BCUT2D eigenvalue weighted by atomic mass is 9.46. The predicted molar refractivity (Wildman–Crippen MR) is 124 cm³/mol. The van der Waals surface area contributed by atoms with Gasteiger partial charge in [-0.25, -0.2) is 4.68 Å². The number of rotatable bonds is 7. The lowest BCUT2D eigenvalue weighted by molar-refractivity contribution is -0.151. The molecule has 9 heteroatoms. The summed E-state index contributed by atoms with van der Waals surface area (Å²) in [6.45, 7) is 0. The molecular weight excluding hydrogens is 446 g/mol. The third kappa shape index (κ3) is 3.74. The molecule has 2 atom stereocenters. The molecule has 2 N–H and O–H groups in total. The van der Waals surface area contributed by atoms with E-state index >= 15 is 0 Å². The summed E-state index contributed by atoms with van der Waals surface area (Å²) in [5.74, 6) is 1.30. The number of nitrogens with one attached hydrogen (secondary N) is 1. The Morgan fingerprint density at radius 2 is 1.94 bits per heavy atom. The number of ether oxygens (including phenoxy) is 2. The zero-order chi connectivity index (χ0) is 23.4. The smallest absolute Gasteiger partial charge is 0.303 e. The minimum absolute atomic E-state index is 0.0536. The molecule has 0 amide bonds. The van der Waals surface area contributed by atoms with Crippen LogP contribution in [0.2, 0.25) is 5.02 Å². The summed E-state index contributed by atoms with van der Waals surface area (Å²) in [5, 5.41) is 17.3. The number of aromatic nitrogens is 2. The highest BCUT2D eigenvalue weighted by molar-refractivity contribution is 6.33. The van der Waals surface area contributed by atoms with Gasteiger partial charge >= 0.3 is 5.97 Å². The van der Waals surface area contributed by atoms with Crippen LogP contribution >= 0.6 is 11.6 Å². The van der Waals surface area contributed by atoms with E-state index in [1.54, 1.807) is 43.3 Å². The third-order valence-electron chi connectivity index (χ3n) is 7.72. The van der Waals surface area contributed by atoms with Crippen LogP contribution in [0.15, 0.2) is 29.2 Å². The van der Waals surface area contributed by atoms with E-state index in [9.17, 15) is 14.7 Å². The molecule has 4 saturated carbocycles. The van der Waals surface area contributed by atoms with E-state index in [-0.39, 0.29) is 22.4 Å². The van der Waals surface area contributed by atoms with Gasteiger partial charge in [-0.05, 0) is 67.9 Å².